The van der Waals surface area contributed by atoms with Crippen molar-refractivity contribution in [3.8, 4) is 0 Å². The largest absolute Gasteiger partial charge is 0.481 e. The van der Waals surface area contributed by atoms with Gasteiger partial charge in [-0.3, -0.25) is 4.79 Å². The third-order valence-electron chi connectivity index (χ3n) is 3.10. The van der Waals surface area contributed by atoms with Gasteiger partial charge in [0.2, 0.25) is 0 Å². The monoisotopic (exact) mass is 259 g/mol. The van der Waals surface area contributed by atoms with E-state index < -0.39 is 17.7 Å². The number of hydrogen-bond donors (Lipinski definition) is 2. The van der Waals surface area contributed by atoms with Crippen LogP contribution in [0.2, 0.25) is 0 Å². The van der Waals surface area contributed by atoms with Crippen LogP contribution in [0.1, 0.15) is 22.6 Å². The van der Waals surface area contributed by atoms with E-state index in [4.69, 9.17) is 5.73 Å². The maximum absolute atomic E-state index is 13.5. The van der Waals surface area contributed by atoms with E-state index in [0.29, 0.717) is 11.1 Å². The van der Waals surface area contributed by atoms with E-state index in [1.807, 2.05) is 19.1 Å². The van der Waals surface area contributed by atoms with E-state index in [1.54, 1.807) is 18.2 Å². The second-order valence-corrected chi connectivity index (χ2v) is 4.41. The first kappa shape index (κ1) is 13.1. The summed E-state index contributed by atoms with van der Waals surface area (Å²) in [6.07, 6.45) is 0. The number of anilines is 1. The van der Waals surface area contributed by atoms with Crippen LogP contribution in [-0.4, -0.2) is 11.1 Å². The number of benzene rings is 2. The van der Waals surface area contributed by atoms with Gasteiger partial charge in [0.05, 0.1) is 5.69 Å². The lowest BCUT2D eigenvalue weighted by Crippen LogP contribution is -2.14. The molecule has 0 amide bonds. The van der Waals surface area contributed by atoms with E-state index in [2.05, 4.69) is 0 Å². The summed E-state index contributed by atoms with van der Waals surface area (Å²) >= 11 is 0. The van der Waals surface area contributed by atoms with Crippen molar-refractivity contribution in [2.75, 3.05) is 5.73 Å². The number of nitrogen functional groups attached to an aromatic ring is 1. The zero-order valence-electron chi connectivity index (χ0n) is 10.4. The lowest BCUT2D eigenvalue weighted by Gasteiger charge is -2.16. The maximum Gasteiger partial charge on any atom is 0.315 e. The molecule has 0 bridgehead atoms. The van der Waals surface area contributed by atoms with Gasteiger partial charge in [0.25, 0.3) is 0 Å². The molecule has 3 nitrogen and oxygen atoms in total. The quantitative estimate of drug-likeness (QED) is 0.833. The lowest BCUT2D eigenvalue weighted by molar-refractivity contribution is -0.137. The predicted molar refractivity (Wildman–Crippen MR) is 71.5 cm³/mol. The molecule has 4 heteroatoms. The number of hydrogen-bond acceptors (Lipinski definition) is 2. The van der Waals surface area contributed by atoms with E-state index in [9.17, 15) is 14.3 Å². The minimum atomic E-state index is -1.02. The number of aryl methyl sites for hydroxylation is 1. The maximum atomic E-state index is 13.5. The second kappa shape index (κ2) is 5.10. The van der Waals surface area contributed by atoms with Gasteiger partial charge in [-0.15, -0.1) is 0 Å². The van der Waals surface area contributed by atoms with Crippen molar-refractivity contribution in [3.63, 3.8) is 0 Å². The number of rotatable bonds is 3. The highest BCUT2D eigenvalue weighted by atomic mass is 19.1. The third kappa shape index (κ3) is 2.57. The fraction of sp³-hybridized carbons (Fsp3) is 0.133. The van der Waals surface area contributed by atoms with E-state index >= 15 is 0 Å². The van der Waals surface area contributed by atoms with Crippen molar-refractivity contribution in [3.05, 3.63) is 65.0 Å². The normalized spacial score (nSPS) is 12.1. The molecule has 0 aromatic heterocycles. The summed E-state index contributed by atoms with van der Waals surface area (Å²) in [5, 5.41) is 9.41. The van der Waals surface area contributed by atoms with Crippen molar-refractivity contribution in [2.45, 2.75) is 12.8 Å². The van der Waals surface area contributed by atoms with Crippen molar-refractivity contribution in [2.24, 2.45) is 0 Å². The summed E-state index contributed by atoms with van der Waals surface area (Å²) in [6, 6.07) is 11.3. The average Bonchev–Trinajstić information content (AvgIpc) is 2.36. The number of carboxylic acid groups (broad SMARTS) is 1. The molecule has 98 valence electrons. The minimum absolute atomic E-state index is 0.0117. The molecule has 0 saturated heterocycles. The molecule has 0 saturated carbocycles. The van der Waals surface area contributed by atoms with Crippen molar-refractivity contribution in [1.82, 2.24) is 0 Å². The van der Waals surface area contributed by atoms with Crippen molar-refractivity contribution in [1.29, 1.82) is 0 Å². The van der Waals surface area contributed by atoms with E-state index in [1.165, 1.54) is 12.1 Å². The van der Waals surface area contributed by atoms with Crippen LogP contribution < -0.4 is 5.73 Å². The number of carbonyl (C=O) groups is 1. The summed E-state index contributed by atoms with van der Waals surface area (Å²) in [5.41, 5.74) is 7.31. The van der Waals surface area contributed by atoms with Crippen LogP contribution in [0.5, 0.6) is 0 Å². The van der Waals surface area contributed by atoms with Crippen LogP contribution in [0.3, 0.4) is 0 Å². The molecule has 0 radical (unpaired) electrons. The molecule has 2 aromatic rings. The Hall–Kier alpha value is -2.36. The Morgan fingerprint density at radius 3 is 2.53 bits per heavy atom. The van der Waals surface area contributed by atoms with Gasteiger partial charge in [-0.25, -0.2) is 4.39 Å². The number of nitrogens with two attached hydrogens (primary N) is 1. The molecule has 0 spiro atoms. The van der Waals surface area contributed by atoms with Gasteiger partial charge >= 0.3 is 5.97 Å². The Morgan fingerprint density at radius 1 is 1.26 bits per heavy atom. The highest BCUT2D eigenvalue weighted by Crippen LogP contribution is 2.29. The minimum Gasteiger partial charge on any atom is -0.481 e. The molecule has 0 aliphatic heterocycles. The van der Waals surface area contributed by atoms with Crippen LogP contribution in [0.25, 0.3) is 0 Å². The first-order chi connectivity index (χ1) is 9.00. The first-order valence-corrected chi connectivity index (χ1v) is 5.84. The predicted octanol–water partition coefficient (Wildman–Crippen LogP) is 2.93. The molecule has 19 heavy (non-hydrogen) atoms. The summed E-state index contributed by atoms with van der Waals surface area (Å²) < 4.78 is 13.5. The van der Waals surface area contributed by atoms with E-state index in [-0.39, 0.29) is 5.69 Å². The van der Waals surface area contributed by atoms with Crippen LogP contribution in [0.15, 0.2) is 42.5 Å². The smallest absolute Gasteiger partial charge is 0.315 e. The number of carboxylic acids is 1. The summed E-state index contributed by atoms with van der Waals surface area (Å²) in [7, 11) is 0. The number of aliphatic carboxylic acids is 1. The topological polar surface area (TPSA) is 63.3 Å². The average molecular weight is 259 g/mol. The summed E-state index contributed by atoms with van der Waals surface area (Å²) in [6.45, 7) is 1.83. The standard InChI is InChI=1S/C15H14FNO2/c1-9-4-2-3-5-11(9)14(15(18)19)10-6-7-13(17)12(16)8-10/h2-8,14H,17H2,1H3,(H,18,19). The van der Waals surface area contributed by atoms with Gasteiger partial charge in [0.15, 0.2) is 0 Å². The molecule has 3 N–H and O–H groups in total. The molecule has 1 unspecified atom stereocenters. The number of halogens is 1. The van der Waals surface area contributed by atoms with Crippen LogP contribution in [0.4, 0.5) is 10.1 Å². The third-order valence-corrected chi connectivity index (χ3v) is 3.10. The highest BCUT2D eigenvalue weighted by molar-refractivity contribution is 5.81. The van der Waals surface area contributed by atoms with Crippen molar-refractivity contribution >= 4 is 11.7 Å². The van der Waals surface area contributed by atoms with Crippen molar-refractivity contribution < 1.29 is 14.3 Å². The van der Waals surface area contributed by atoms with Gasteiger partial charge in [-0.1, -0.05) is 30.3 Å². The van der Waals surface area contributed by atoms with Gasteiger partial charge in [-0.05, 0) is 35.7 Å². The Morgan fingerprint density at radius 2 is 1.95 bits per heavy atom. The van der Waals surface area contributed by atoms with Crippen LogP contribution in [-0.2, 0) is 4.79 Å². The fourth-order valence-corrected chi connectivity index (χ4v) is 2.09. The molecule has 2 rings (SSSR count). The van der Waals surface area contributed by atoms with Gasteiger partial charge in [-0.2, -0.15) is 0 Å². The Kier molecular flexibility index (Phi) is 3.51. The van der Waals surface area contributed by atoms with Gasteiger partial charge < -0.3 is 10.8 Å². The second-order valence-electron chi connectivity index (χ2n) is 4.41. The Balaban J connectivity index is 2.55. The first-order valence-electron chi connectivity index (χ1n) is 5.84. The molecule has 0 fully saturated rings. The molecule has 0 aliphatic rings. The molecular formula is C15H14FNO2. The zero-order valence-corrected chi connectivity index (χ0v) is 10.4. The highest BCUT2D eigenvalue weighted by Gasteiger charge is 2.24. The fourth-order valence-electron chi connectivity index (χ4n) is 2.09. The molecule has 2 aromatic carbocycles. The molecule has 0 aliphatic carbocycles. The Bertz CT molecular complexity index is 625. The van der Waals surface area contributed by atoms with Crippen LogP contribution in [0, 0.1) is 12.7 Å². The molecular weight excluding hydrogens is 245 g/mol. The molecule has 1 atom stereocenters. The van der Waals surface area contributed by atoms with Gasteiger partial charge in [0, 0.05) is 0 Å². The zero-order chi connectivity index (χ0) is 14.0. The summed E-state index contributed by atoms with van der Waals surface area (Å²) in [4.78, 5) is 11.5. The SMILES string of the molecule is Cc1ccccc1C(C(=O)O)c1ccc(N)c(F)c1. The van der Waals surface area contributed by atoms with E-state index in [0.717, 1.165) is 5.56 Å². The van der Waals surface area contributed by atoms with Crippen LogP contribution >= 0.6 is 0 Å². The summed E-state index contributed by atoms with van der Waals surface area (Å²) in [5.74, 6) is -2.51. The van der Waals surface area contributed by atoms with Gasteiger partial charge in [0.1, 0.15) is 11.7 Å². The molecule has 0 heterocycles. The lowest BCUT2D eigenvalue weighted by atomic mass is 9.88. The Labute approximate surface area is 110 Å².